The van der Waals surface area contributed by atoms with E-state index in [0.717, 1.165) is 50.2 Å². The highest BCUT2D eigenvalue weighted by Gasteiger charge is 2.30. The van der Waals surface area contributed by atoms with Crippen LogP contribution in [0.15, 0.2) is 29.1 Å². The molecule has 0 atom stereocenters. The van der Waals surface area contributed by atoms with Crippen LogP contribution in [-0.2, 0) is 18.4 Å². The van der Waals surface area contributed by atoms with Crippen LogP contribution >= 0.6 is 0 Å². The second kappa shape index (κ2) is 9.12. The summed E-state index contributed by atoms with van der Waals surface area (Å²) in [6.45, 7) is 2.37. The third-order valence-corrected chi connectivity index (χ3v) is 6.39. The lowest BCUT2D eigenvalue weighted by atomic mass is 9.95. The first-order valence-corrected chi connectivity index (χ1v) is 10.9. The molecule has 2 aromatic rings. The first-order valence-electron chi connectivity index (χ1n) is 10.9. The minimum Gasteiger partial charge on any atom is -0.351 e. The summed E-state index contributed by atoms with van der Waals surface area (Å²) in [5.41, 5.74) is 0.878. The van der Waals surface area contributed by atoms with E-state index in [2.05, 4.69) is 15.3 Å². The summed E-state index contributed by atoms with van der Waals surface area (Å²) in [4.78, 5) is 27.1. The number of carbonyl (C=O) groups excluding carboxylic acids is 1. The Morgan fingerprint density at radius 2 is 1.80 bits per heavy atom. The minimum absolute atomic E-state index is 0.000462. The lowest BCUT2D eigenvalue weighted by Crippen LogP contribution is -2.41. The van der Waals surface area contributed by atoms with Gasteiger partial charge in [0.15, 0.2) is 0 Å². The molecule has 2 fully saturated rings. The van der Waals surface area contributed by atoms with Crippen LogP contribution in [0.1, 0.15) is 61.9 Å². The normalized spacial score (nSPS) is 18.7. The number of carbonyl (C=O) groups is 1. The number of benzene rings is 1. The maximum atomic E-state index is 13.0. The zero-order valence-electron chi connectivity index (χ0n) is 17.5. The van der Waals surface area contributed by atoms with Crippen LogP contribution in [-0.4, -0.2) is 44.8 Å². The Balaban J connectivity index is 1.30. The molecule has 1 aromatic heterocycles. The van der Waals surface area contributed by atoms with E-state index in [9.17, 15) is 14.0 Å². The molecular formula is C22H30FN5O2. The third-order valence-electron chi connectivity index (χ3n) is 6.39. The van der Waals surface area contributed by atoms with Crippen LogP contribution in [0.5, 0.6) is 0 Å². The Kier molecular flexibility index (Phi) is 6.32. The van der Waals surface area contributed by atoms with Crippen LogP contribution in [0.3, 0.4) is 0 Å². The molecule has 1 aliphatic heterocycles. The van der Waals surface area contributed by atoms with E-state index < -0.39 is 0 Å². The van der Waals surface area contributed by atoms with Gasteiger partial charge in [-0.25, -0.2) is 13.9 Å². The van der Waals surface area contributed by atoms with E-state index in [1.165, 1.54) is 29.7 Å². The molecule has 4 rings (SSSR count). The fraction of sp³-hybridized carbons (Fsp3) is 0.591. The molecule has 2 heterocycles. The van der Waals surface area contributed by atoms with Crippen molar-refractivity contribution >= 4 is 5.91 Å². The summed E-state index contributed by atoms with van der Waals surface area (Å²) in [7, 11) is 1.73. The smallest absolute Gasteiger partial charge is 0.345 e. The molecule has 1 amide bonds. The second-order valence-corrected chi connectivity index (χ2v) is 8.53. The van der Waals surface area contributed by atoms with Gasteiger partial charge in [0.05, 0.1) is 6.54 Å². The van der Waals surface area contributed by atoms with Gasteiger partial charge in [-0.1, -0.05) is 25.0 Å². The maximum absolute atomic E-state index is 13.0. The van der Waals surface area contributed by atoms with Crippen molar-refractivity contribution in [3.63, 3.8) is 0 Å². The van der Waals surface area contributed by atoms with Crippen LogP contribution in [0.25, 0.3) is 0 Å². The van der Waals surface area contributed by atoms with E-state index in [1.807, 2.05) is 4.57 Å². The number of nitrogens with one attached hydrogen (secondary N) is 1. The van der Waals surface area contributed by atoms with Gasteiger partial charge in [-0.3, -0.25) is 14.3 Å². The van der Waals surface area contributed by atoms with E-state index in [1.54, 1.807) is 19.2 Å². The SMILES string of the molecule is Cn1nc(C2CCN(CC(=O)NCc3ccc(F)cc3)CC2)n(C2CCCC2)c1=O. The fourth-order valence-electron chi connectivity index (χ4n) is 4.69. The minimum atomic E-state index is -0.279. The van der Waals surface area contributed by atoms with Gasteiger partial charge in [-0.15, -0.1) is 0 Å². The van der Waals surface area contributed by atoms with Crippen molar-refractivity contribution in [2.24, 2.45) is 7.05 Å². The highest BCUT2D eigenvalue weighted by Crippen LogP contribution is 2.33. The van der Waals surface area contributed by atoms with Gasteiger partial charge in [0.2, 0.25) is 5.91 Å². The highest BCUT2D eigenvalue weighted by molar-refractivity contribution is 5.78. The van der Waals surface area contributed by atoms with Gasteiger partial charge in [0.1, 0.15) is 11.6 Å². The monoisotopic (exact) mass is 415 g/mol. The molecule has 7 nitrogen and oxygen atoms in total. The molecule has 1 aromatic carbocycles. The zero-order chi connectivity index (χ0) is 21.1. The molecule has 0 bridgehead atoms. The van der Waals surface area contributed by atoms with Crippen LogP contribution in [0.4, 0.5) is 4.39 Å². The summed E-state index contributed by atoms with van der Waals surface area (Å²) in [6, 6.07) is 6.44. The number of aryl methyl sites for hydroxylation is 1. The molecule has 8 heteroatoms. The van der Waals surface area contributed by atoms with E-state index in [0.29, 0.717) is 13.1 Å². The molecule has 0 unspecified atom stereocenters. The van der Waals surface area contributed by atoms with Crippen molar-refractivity contribution in [3.05, 3.63) is 52.0 Å². The number of hydrogen-bond donors (Lipinski definition) is 1. The summed E-state index contributed by atoms with van der Waals surface area (Å²) in [5, 5.41) is 7.48. The maximum Gasteiger partial charge on any atom is 0.345 e. The van der Waals surface area contributed by atoms with Crippen LogP contribution in [0.2, 0.25) is 0 Å². The number of halogens is 1. The topological polar surface area (TPSA) is 72.2 Å². The summed E-state index contributed by atoms with van der Waals surface area (Å²) < 4.78 is 16.4. The number of likely N-dealkylation sites (tertiary alicyclic amines) is 1. The number of amides is 1. The first kappa shape index (κ1) is 20.8. The Morgan fingerprint density at radius 3 is 2.47 bits per heavy atom. The summed E-state index contributed by atoms with van der Waals surface area (Å²) in [6.07, 6.45) is 6.27. The Hall–Kier alpha value is -2.48. The third kappa shape index (κ3) is 4.64. The number of nitrogens with zero attached hydrogens (tertiary/aromatic N) is 4. The quantitative estimate of drug-likeness (QED) is 0.786. The van der Waals surface area contributed by atoms with Crippen molar-refractivity contribution in [2.75, 3.05) is 19.6 Å². The van der Waals surface area contributed by atoms with Crippen molar-refractivity contribution in [2.45, 2.75) is 57.0 Å². The van der Waals surface area contributed by atoms with E-state index >= 15 is 0 Å². The molecule has 1 saturated carbocycles. The number of hydrogen-bond acceptors (Lipinski definition) is 4. The molecular weight excluding hydrogens is 385 g/mol. The summed E-state index contributed by atoms with van der Waals surface area (Å²) in [5.74, 6) is 0.880. The average molecular weight is 416 g/mol. The molecule has 162 valence electrons. The van der Waals surface area contributed by atoms with Gasteiger partial charge in [-0.2, -0.15) is 5.10 Å². The molecule has 1 saturated heterocycles. The van der Waals surface area contributed by atoms with Crippen LogP contribution < -0.4 is 11.0 Å². The van der Waals surface area contributed by atoms with Crippen molar-refractivity contribution in [3.8, 4) is 0 Å². The largest absolute Gasteiger partial charge is 0.351 e. The van der Waals surface area contributed by atoms with Gasteiger partial charge in [0, 0.05) is 25.6 Å². The Bertz CT molecular complexity index is 922. The zero-order valence-corrected chi connectivity index (χ0v) is 17.5. The first-order chi connectivity index (χ1) is 14.5. The Morgan fingerprint density at radius 1 is 1.13 bits per heavy atom. The molecule has 1 aliphatic carbocycles. The van der Waals surface area contributed by atoms with Crippen LogP contribution in [0, 0.1) is 5.82 Å². The molecule has 0 spiro atoms. The van der Waals surface area contributed by atoms with Gasteiger partial charge >= 0.3 is 5.69 Å². The van der Waals surface area contributed by atoms with Gasteiger partial charge in [-0.05, 0) is 56.5 Å². The predicted octanol–water partition coefficient (Wildman–Crippen LogP) is 2.33. The van der Waals surface area contributed by atoms with E-state index in [-0.39, 0.29) is 29.4 Å². The molecule has 30 heavy (non-hydrogen) atoms. The molecule has 0 radical (unpaired) electrons. The second-order valence-electron chi connectivity index (χ2n) is 8.53. The predicted molar refractivity (Wildman–Crippen MR) is 112 cm³/mol. The van der Waals surface area contributed by atoms with Crippen molar-refractivity contribution in [1.82, 2.24) is 24.6 Å². The number of rotatable bonds is 6. The lowest BCUT2D eigenvalue weighted by Gasteiger charge is -2.31. The van der Waals surface area contributed by atoms with E-state index in [4.69, 9.17) is 0 Å². The Labute approximate surface area is 175 Å². The van der Waals surface area contributed by atoms with Gasteiger partial charge in [0.25, 0.3) is 0 Å². The molecule has 1 N–H and O–H groups in total. The standard InChI is InChI=1S/C22H30FN5O2/c1-26-22(30)28(19-4-2-3-5-19)21(25-26)17-10-12-27(13-11-17)15-20(29)24-14-16-6-8-18(23)9-7-16/h6-9,17,19H,2-5,10-15H2,1H3,(H,24,29). The average Bonchev–Trinajstić information content (AvgIpc) is 3.37. The number of aromatic nitrogens is 3. The van der Waals surface area contributed by atoms with Gasteiger partial charge < -0.3 is 5.32 Å². The van der Waals surface area contributed by atoms with Crippen molar-refractivity contribution in [1.29, 1.82) is 0 Å². The molecule has 2 aliphatic rings. The number of piperidine rings is 1. The lowest BCUT2D eigenvalue weighted by molar-refractivity contribution is -0.122. The summed E-state index contributed by atoms with van der Waals surface area (Å²) >= 11 is 0. The fourth-order valence-corrected chi connectivity index (χ4v) is 4.69. The van der Waals surface area contributed by atoms with Crippen molar-refractivity contribution < 1.29 is 9.18 Å². The highest BCUT2D eigenvalue weighted by atomic mass is 19.1.